The van der Waals surface area contributed by atoms with E-state index in [-0.39, 0.29) is 11.2 Å². The maximum Gasteiger partial charge on any atom is 0.274 e. The lowest BCUT2D eigenvalue weighted by Crippen LogP contribution is -2.25. The molecule has 0 amide bonds. The van der Waals surface area contributed by atoms with Gasteiger partial charge in [-0.25, -0.2) is 9.97 Å². The first-order valence-electron chi connectivity index (χ1n) is 7.74. The van der Waals surface area contributed by atoms with Crippen molar-refractivity contribution in [3.8, 4) is 0 Å². The van der Waals surface area contributed by atoms with Crippen LogP contribution < -0.4 is 11.3 Å². The van der Waals surface area contributed by atoms with Gasteiger partial charge in [0.2, 0.25) is 0 Å². The third-order valence-corrected chi connectivity index (χ3v) is 4.12. The van der Waals surface area contributed by atoms with Crippen LogP contribution in [0.15, 0.2) is 40.5 Å². The smallest absolute Gasteiger partial charge is 0.274 e. The van der Waals surface area contributed by atoms with Crippen molar-refractivity contribution in [3.63, 3.8) is 0 Å². The van der Waals surface area contributed by atoms with Crippen molar-refractivity contribution in [2.75, 3.05) is 5.73 Å². The molecule has 2 N–H and O–H groups in total. The van der Waals surface area contributed by atoms with Crippen LogP contribution in [0.2, 0.25) is 0 Å². The molecular weight excluding hydrogens is 290 g/mol. The van der Waals surface area contributed by atoms with Gasteiger partial charge in [0.15, 0.2) is 0 Å². The predicted molar refractivity (Wildman–Crippen MR) is 89.7 cm³/mol. The van der Waals surface area contributed by atoms with Crippen molar-refractivity contribution in [1.29, 1.82) is 0 Å². The molecular formula is C17H17N5O. The number of allylic oxidation sites excluding steroid dienone is 1. The number of nitrogens with zero attached hydrogens (tertiary/aromatic N) is 4. The van der Waals surface area contributed by atoms with Crippen LogP contribution in [-0.4, -0.2) is 20.2 Å². The number of nitrogen functional groups attached to an aromatic ring is 1. The lowest BCUT2D eigenvalue weighted by atomic mass is 10.2. The second kappa shape index (κ2) is 5.46. The highest BCUT2D eigenvalue weighted by molar-refractivity contribution is 5.94. The second-order valence-corrected chi connectivity index (χ2v) is 6.00. The average Bonchev–Trinajstić information content (AvgIpc) is 3.28. The molecule has 0 spiro atoms. The molecule has 23 heavy (non-hydrogen) atoms. The topological polar surface area (TPSA) is 86.2 Å². The van der Waals surface area contributed by atoms with Gasteiger partial charge in [-0.2, -0.15) is 0 Å². The van der Waals surface area contributed by atoms with Crippen molar-refractivity contribution in [3.05, 3.63) is 52.5 Å². The molecule has 1 saturated carbocycles. The Hall–Kier alpha value is -2.76. The van der Waals surface area contributed by atoms with Crippen LogP contribution in [0.5, 0.6) is 0 Å². The van der Waals surface area contributed by atoms with E-state index in [1.807, 2.05) is 6.08 Å². The Morgan fingerprint density at radius 3 is 3.04 bits per heavy atom. The van der Waals surface area contributed by atoms with E-state index >= 15 is 0 Å². The molecule has 2 aromatic heterocycles. The minimum Gasteiger partial charge on any atom is -0.394 e. The molecule has 4 rings (SSSR count). The van der Waals surface area contributed by atoms with Crippen molar-refractivity contribution in [1.82, 2.24) is 14.5 Å². The predicted octanol–water partition coefficient (Wildman–Crippen LogP) is 1.97. The van der Waals surface area contributed by atoms with Crippen LogP contribution in [-0.2, 0) is 13.0 Å². The number of aliphatic imine (C=N–C) groups is 1. The van der Waals surface area contributed by atoms with Crippen LogP contribution in [0.25, 0.3) is 6.08 Å². The fourth-order valence-corrected chi connectivity index (χ4v) is 2.68. The molecule has 2 aromatic rings. The number of aromatic nitrogens is 3. The molecule has 1 fully saturated rings. The minimum atomic E-state index is -0.189. The van der Waals surface area contributed by atoms with E-state index in [9.17, 15) is 4.79 Å². The summed E-state index contributed by atoms with van der Waals surface area (Å²) in [6.07, 6.45) is 10.7. The van der Waals surface area contributed by atoms with Gasteiger partial charge in [-0.15, -0.1) is 0 Å². The van der Waals surface area contributed by atoms with Crippen molar-refractivity contribution >= 4 is 23.2 Å². The van der Waals surface area contributed by atoms with E-state index in [0.29, 0.717) is 18.9 Å². The van der Waals surface area contributed by atoms with E-state index in [1.54, 1.807) is 29.2 Å². The first-order valence-corrected chi connectivity index (χ1v) is 7.74. The number of hydrogen-bond donors (Lipinski definition) is 1. The summed E-state index contributed by atoms with van der Waals surface area (Å²) in [5, 5.41) is 0. The molecule has 2 aliphatic rings. The number of anilines is 1. The maximum atomic E-state index is 12.0. The highest BCUT2D eigenvalue weighted by atomic mass is 16.1. The normalized spacial score (nSPS) is 16.6. The van der Waals surface area contributed by atoms with E-state index in [4.69, 9.17) is 5.73 Å². The zero-order valence-electron chi connectivity index (χ0n) is 12.6. The van der Waals surface area contributed by atoms with Crippen LogP contribution >= 0.6 is 0 Å². The van der Waals surface area contributed by atoms with Gasteiger partial charge in [-0.3, -0.25) is 9.79 Å². The first kappa shape index (κ1) is 13.9. The van der Waals surface area contributed by atoms with Crippen molar-refractivity contribution < 1.29 is 0 Å². The van der Waals surface area contributed by atoms with Gasteiger partial charge in [0.1, 0.15) is 12.0 Å². The Morgan fingerprint density at radius 1 is 1.35 bits per heavy atom. The number of pyridine rings is 1. The van der Waals surface area contributed by atoms with E-state index in [2.05, 4.69) is 21.0 Å². The Labute approximate surface area is 133 Å². The fourth-order valence-electron chi connectivity index (χ4n) is 2.68. The highest BCUT2D eigenvalue weighted by Crippen LogP contribution is 2.33. The standard InChI is InChI=1S/C17H17N5O/c18-13-2-1-7-22(17(13)23)9-12-8-15-16(21-12)14(19-10-20-15)6-5-11-3-4-11/h1-2,5-7,10-11H,3-4,8-9,18H2/b6-5+. The highest BCUT2D eigenvalue weighted by Gasteiger charge is 2.21. The summed E-state index contributed by atoms with van der Waals surface area (Å²) in [5.41, 5.74) is 9.23. The van der Waals surface area contributed by atoms with E-state index in [0.717, 1.165) is 22.8 Å². The zero-order valence-corrected chi connectivity index (χ0v) is 12.6. The van der Waals surface area contributed by atoms with Crippen LogP contribution in [0, 0.1) is 5.92 Å². The zero-order chi connectivity index (χ0) is 15.8. The van der Waals surface area contributed by atoms with E-state index < -0.39 is 0 Å². The summed E-state index contributed by atoms with van der Waals surface area (Å²) in [6.45, 7) is 0.423. The Balaban J connectivity index is 1.62. The van der Waals surface area contributed by atoms with Crippen molar-refractivity contribution in [2.24, 2.45) is 10.9 Å². The third-order valence-electron chi connectivity index (χ3n) is 4.12. The Morgan fingerprint density at radius 2 is 2.22 bits per heavy atom. The lowest BCUT2D eigenvalue weighted by molar-refractivity contribution is 0.802. The van der Waals surface area contributed by atoms with Gasteiger partial charge in [0.25, 0.3) is 5.56 Å². The largest absolute Gasteiger partial charge is 0.394 e. The summed E-state index contributed by atoms with van der Waals surface area (Å²) in [6, 6.07) is 3.37. The second-order valence-electron chi connectivity index (χ2n) is 6.00. The van der Waals surface area contributed by atoms with Crippen LogP contribution in [0.1, 0.15) is 24.2 Å². The molecule has 0 unspecified atom stereocenters. The average molecular weight is 307 g/mol. The summed E-state index contributed by atoms with van der Waals surface area (Å²) in [4.78, 5) is 25.3. The summed E-state index contributed by atoms with van der Waals surface area (Å²) in [5.74, 6) is 0.691. The molecule has 1 aliphatic heterocycles. The molecule has 0 atom stereocenters. The van der Waals surface area contributed by atoms with Gasteiger partial charge in [-0.1, -0.05) is 6.08 Å². The molecule has 1 aliphatic carbocycles. The Kier molecular flexibility index (Phi) is 3.29. The third kappa shape index (κ3) is 2.79. The fraction of sp³-hybridized carbons (Fsp3) is 0.294. The molecule has 3 heterocycles. The molecule has 0 bridgehead atoms. The van der Waals surface area contributed by atoms with Gasteiger partial charge >= 0.3 is 0 Å². The van der Waals surface area contributed by atoms with Gasteiger partial charge in [0.05, 0.1) is 23.6 Å². The monoisotopic (exact) mass is 307 g/mol. The lowest BCUT2D eigenvalue weighted by Gasteiger charge is -2.05. The minimum absolute atomic E-state index is 0.189. The molecule has 0 aromatic carbocycles. The summed E-state index contributed by atoms with van der Waals surface area (Å²) >= 11 is 0. The van der Waals surface area contributed by atoms with Gasteiger partial charge < -0.3 is 10.3 Å². The van der Waals surface area contributed by atoms with Crippen molar-refractivity contribution in [2.45, 2.75) is 25.8 Å². The summed E-state index contributed by atoms with van der Waals surface area (Å²) < 4.78 is 1.58. The quantitative estimate of drug-likeness (QED) is 0.935. The SMILES string of the molecule is Nc1cccn(CC2=Nc3c(/C=C/C4CC4)ncnc3C2)c1=O. The molecule has 116 valence electrons. The van der Waals surface area contributed by atoms with Gasteiger partial charge in [0, 0.05) is 18.3 Å². The molecule has 6 nitrogen and oxygen atoms in total. The molecule has 0 saturated heterocycles. The van der Waals surface area contributed by atoms with Crippen LogP contribution in [0.3, 0.4) is 0 Å². The molecule has 6 heteroatoms. The van der Waals surface area contributed by atoms with E-state index in [1.165, 1.54) is 12.8 Å². The molecule has 0 radical (unpaired) electrons. The number of rotatable bonds is 4. The van der Waals surface area contributed by atoms with Crippen LogP contribution in [0.4, 0.5) is 11.4 Å². The maximum absolute atomic E-state index is 12.0. The van der Waals surface area contributed by atoms with Gasteiger partial charge in [-0.05, 0) is 37.0 Å². The first-order chi connectivity index (χ1) is 11.2. The number of fused-ring (bicyclic) bond motifs is 1. The Bertz CT molecular complexity index is 877. The number of hydrogen-bond acceptors (Lipinski definition) is 5. The number of nitrogens with two attached hydrogens (primary N) is 1. The summed E-state index contributed by atoms with van der Waals surface area (Å²) in [7, 11) is 0.